The summed E-state index contributed by atoms with van der Waals surface area (Å²) in [6.45, 7) is 13.4. The zero-order valence-electron chi connectivity index (χ0n) is 17.6. The van der Waals surface area contributed by atoms with E-state index in [-0.39, 0.29) is 17.0 Å². The van der Waals surface area contributed by atoms with Gasteiger partial charge >= 0.3 is 0 Å². The van der Waals surface area contributed by atoms with Crippen molar-refractivity contribution in [3.8, 4) is 11.4 Å². The Morgan fingerprint density at radius 3 is 2.04 bits per heavy atom. The molecular weight excluding hydrogens is 352 g/mol. The highest BCUT2D eigenvalue weighted by atomic mass is 16.3. The van der Waals surface area contributed by atoms with Crippen LogP contribution >= 0.6 is 0 Å². The number of hydrogen-bond acceptors (Lipinski definition) is 4. The maximum Gasteiger partial charge on any atom is 0.299 e. The van der Waals surface area contributed by atoms with Gasteiger partial charge in [0.25, 0.3) is 5.56 Å². The van der Waals surface area contributed by atoms with Crippen molar-refractivity contribution in [1.82, 2.24) is 9.78 Å². The van der Waals surface area contributed by atoms with Gasteiger partial charge in [-0.1, -0.05) is 32.0 Å². The maximum absolute atomic E-state index is 12.8. The summed E-state index contributed by atoms with van der Waals surface area (Å²) in [6, 6.07) is 9.49. The average Bonchev–Trinajstić information content (AvgIpc) is 2.96. The molecule has 0 radical (unpaired) electrons. The minimum Gasteiger partial charge on any atom is -0.505 e. The molecule has 6 nitrogen and oxygen atoms in total. The van der Waals surface area contributed by atoms with Crippen molar-refractivity contribution in [3.05, 3.63) is 68.6 Å². The van der Waals surface area contributed by atoms with Crippen LogP contribution in [-0.4, -0.2) is 14.9 Å². The number of hydrogen-bond donors (Lipinski definition) is 2. The highest BCUT2D eigenvalue weighted by molar-refractivity contribution is 5.60. The molecule has 3 aromatic rings. The van der Waals surface area contributed by atoms with E-state index in [2.05, 4.69) is 15.3 Å². The van der Waals surface area contributed by atoms with Gasteiger partial charge in [0.2, 0.25) is 0 Å². The number of benzene rings is 2. The van der Waals surface area contributed by atoms with Crippen molar-refractivity contribution in [3.63, 3.8) is 0 Å². The van der Waals surface area contributed by atoms with Crippen LogP contribution in [0.25, 0.3) is 5.69 Å². The van der Waals surface area contributed by atoms with Crippen LogP contribution in [0, 0.1) is 34.6 Å². The van der Waals surface area contributed by atoms with Crippen LogP contribution < -0.4 is 5.56 Å². The summed E-state index contributed by atoms with van der Waals surface area (Å²) in [5, 5.41) is 21.5. The highest BCUT2D eigenvalue weighted by Crippen LogP contribution is 2.34. The molecule has 2 aromatic carbocycles. The third-order valence-corrected chi connectivity index (χ3v) is 4.59. The van der Waals surface area contributed by atoms with Gasteiger partial charge in [-0.15, -0.1) is 10.2 Å². The quantitative estimate of drug-likeness (QED) is 0.558. The van der Waals surface area contributed by atoms with E-state index in [9.17, 15) is 9.90 Å². The lowest BCUT2D eigenvalue weighted by Crippen LogP contribution is -2.14. The standard InChI is InChI=1S/C20H22N4O2.C2H6/c1-11-8-9-16(10-14(11)4)24-20(26)18(15(5)23-24)22-21-17-12(2)6-7-13(3)19(17)25;1-2/h6-10,23,25H,1-5H3;1-2H3. The number of phenols is 1. The summed E-state index contributed by atoms with van der Waals surface area (Å²) < 4.78 is 1.46. The topological polar surface area (TPSA) is 82.7 Å². The first kappa shape index (κ1) is 21.2. The van der Waals surface area contributed by atoms with Crippen LogP contribution in [-0.2, 0) is 0 Å². The van der Waals surface area contributed by atoms with Crippen LogP contribution in [0.5, 0.6) is 5.75 Å². The number of aryl methyl sites for hydroxylation is 5. The zero-order chi connectivity index (χ0) is 21.0. The van der Waals surface area contributed by atoms with Gasteiger partial charge in [-0.05, 0) is 69.0 Å². The van der Waals surface area contributed by atoms with Crippen molar-refractivity contribution < 1.29 is 5.11 Å². The minimum absolute atomic E-state index is 0.0800. The Labute approximate surface area is 165 Å². The second-order valence-electron chi connectivity index (χ2n) is 6.59. The van der Waals surface area contributed by atoms with Crippen molar-refractivity contribution in [2.45, 2.75) is 48.5 Å². The lowest BCUT2D eigenvalue weighted by molar-refractivity contribution is 0.472. The van der Waals surface area contributed by atoms with Gasteiger partial charge in [-0.3, -0.25) is 9.89 Å². The first-order chi connectivity index (χ1) is 13.3. The third-order valence-electron chi connectivity index (χ3n) is 4.59. The molecule has 0 fully saturated rings. The fourth-order valence-electron chi connectivity index (χ4n) is 2.71. The first-order valence-corrected chi connectivity index (χ1v) is 9.39. The number of azo groups is 1. The molecule has 0 aliphatic carbocycles. The van der Waals surface area contributed by atoms with Crippen molar-refractivity contribution in [1.29, 1.82) is 0 Å². The Morgan fingerprint density at radius 1 is 0.821 bits per heavy atom. The molecule has 0 saturated heterocycles. The largest absolute Gasteiger partial charge is 0.505 e. The molecule has 1 heterocycles. The van der Waals surface area contributed by atoms with E-state index in [0.29, 0.717) is 16.9 Å². The van der Waals surface area contributed by atoms with Gasteiger partial charge in [0.05, 0.1) is 11.4 Å². The van der Waals surface area contributed by atoms with Crippen molar-refractivity contribution >= 4 is 11.4 Å². The highest BCUT2D eigenvalue weighted by Gasteiger charge is 2.14. The van der Waals surface area contributed by atoms with E-state index in [4.69, 9.17) is 0 Å². The Kier molecular flexibility index (Phi) is 6.57. The van der Waals surface area contributed by atoms with Gasteiger partial charge in [-0.2, -0.15) is 0 Å². The molecule has 0 saturated carbocycles. The number of H-pyrrole nitrogens is 1. The summed E-state index contributed by atoms with van der Waals surface area (Å²) in [6.07, 6.45) is 0. The first-order valence-electron chi connectivity index (χ1n) is 9.39. The predicted octanol–water partition coefficient (Wildman–Crippen LogP) is 5.85. The molecule has 0 unspecified atom stereocenters. The number of nitrogens with zero attached hydrogens (tertiary/aromatic N) is 3. The van der Waals surface area contributed by atoms with E-state index in [1.165, 1.54) is 4.68 Å². The Balaban J connectivity index is 0.00000136. The molecule has 0 amide bonds. The second kappa shape index (κ2) is 8.69. The Hall–Kier alpha value is -3.15. The monoisotopic (exact) mass is 380 g/mol. The molecule has 6 heteroatoms. The van der Waals surface area contributed by atoms with Gasteiger partial charge in [0.1, 0.15) is 11.4 Å². The number of phenolic OH excluding ortho intramolecular Hbond substituents is 1. The molecule has 0 aliphatic rings. The molecule has 28 heavy (non-hydrogen) atoms. The number of rotatable bonds is 3. The van der Waals surface area contributed by atoms with Crippen molar-refractivity contribution in [2.24, 2.45) is 10.2 Å². The van der Waals surface area contributed by atoms with Gasteiger partial charge < -0.3 is 5.11 Å². The molecule has 2 N–H and O–H groups in total. The molecule has 3 rings (SSSR count). The van der Waals surface area contributed by atoms with Crippen LogP contribution in [0.2, 0.25) is 0 Å². The van der Waals surface area contributed by atoms with E-state index >= 15 is 0 Å². The van der Waals surface area contributed by atoms with Crippen LogP contribution in [0.3, 0.4) is 0 Å². The molecular formula is C22H28N4O2. The summed E-state index contributed by atoms with van der Waals surface area (Å²) in [5.74, 6) is 0.0800. The van der Waals surface area contributed by atoms with E-state index in [0.717, 1.165) is 22.4 Å². The predicted molar refractivity (Wildman–Crippen MR) is 114 cm³/mol. The average molecular weight is 380 g/mol. The summed E-state index contributed by atoms with van der Waals surface area (Å²) in [7, 11) is 0. The molecule has 0 aliphatic heterocycles. The van der Waals surface area contributed by atoms with E-state index < -0.39 is 0 Å². The van der Waals surface area contributed by atoms with Crippen LogP contribution in [0.15, 0.2) is 45.4 Å². The Morgan fingerprint density at radius 2 is 1.39 bits per heavy atom. The van der Waals surface area contributed by atoms with E-state index in [1.54, 1.807) is 13.8 Å². The van der Waals surface area contributed by atoms with Gasteiger partial charge in [-0.25, -0.2) is 4.68 Å². The second-order valence-corrected chi connectivity index (χ2v) is 6.59. The number of nitrogens with one attached hydrogen (secondary N) is 1. The summed E-state index contributed by atoms with van der Waals surface area (Å²) in [5.41, 5.74) is 5.45. The van der Waals surface area contributed by atoms with Crippen molar-refractivity contribution in [2.75, 3.05) is 0 Å². The van der Waals surface area contributed by atoms with Crippen LogP contribution in [0.1, 0.15) is 41.8 Å². The maximum atomic E-state index is 12.8. The molecule has 0 spiro atoms. The normalized spacial score (nSPS) is 10.8. The SMILES string of the molecule is CC.Cc1ccc(-n2[nH]c(C)c(N=Nc3c(C)ccc(C)c3O)c2=O)cc1C. The zero-order valence-corrected chi connectivity index (χ0v) is 17.6. The summed E-state index contributed by atoms with van der Waals surface area (Å²) in [4.78, 5) is 12.8. The number of aromatic hydroxyl groups is 1. The fourth-order valence-corrected chi connectivity index (χ4v) is 2.71. The smallest absolute Gasteiger partial charge is 0.299 e. The molecule has 0 bridgehead atoms. The molecule has 0 atom stereocenters. The molecule has 1 aromatic heterocycles. The molecule has 148 valence electrons. The van der Waals surface area contributed by atoms with Gasteiger partial charge in [0.15, 0.2) is 5.69 Å². The lowest BCUT2D eigenvalue weighted by Gasteiger charge is -2.05. The fraction of sp³-hybridized carbons (Fsp3) is 0.318. The number of aromatic amines is 1. The van der Waals surface area contributed by atoms with E-state index in [1.807, 2.05) is 65.0 Å². The minimum atomic E-state index is -0.278. The lowest BCUT2D eigenvalue weighted by atomic mass is 10.1. The van der Waals surface area contributed by atoms with Gasteiger partial charge in [0, 0.05) is 0 Å². The Bertz CT molecular complexity index is 1070. The van der Waals surface area contributed by atoms with Crippen LogP contribution in [0.4, 0.5) is 11.4 Å². The summed E-state index contributed by atoms with van der Waals surface area (Å²) >= 11 is 0. The number of aromatic nitrogens is 2. The third kappa shape index (κ3) is 4.06.